The summed E-state index contributed by atoms with van der Waals surface area (Å²) in [6.45, 7) is 0.502. The largest absolute Gasteiger partial charge is 0.356 e. The number of aliphatic imine (C=N–C) groups is 1. The van der Waals surface area contributed by atoms with E-state index in [0.717, 1.165) is 23.0 Å². The second kappa shape index (κ2) is 6.23. The fourth-order valence-corrected chi connectivity index (χ4v) is 1.96. The van der Waals surface area contributed by atoms with Crippen LogP contribution in [0.5, 0.6) is 0 Å². The molecule has 2 rings (SSSR count). The summed E-state index contributed by atoms with van der Waals surface area (Å²) < 4.78 is 5.36. The highest BCUT2D eigenvalue weighted by molar-refractivity contribution is 5.79. The Balaban J connectivity index is 2.12. The van der Waals surface area contributed by atoms with Crippen molar-refractivity contribution in [2.75, 3.05) is 28.2 Å². The van der Waals surface area contributed by atoms with Crippen LogP contribution in [-0.4, -0.2) is 49.1 Å². The molecule has 1 heterocycles. The molecule has 106 valence electrons. The van der Waals surface area contributed by atoms with Crippen LogP contribution in [0, 0.1) is 0 Å². The van der Waals surface area contributed by atoms with Gasteiger partial charge in [-0.15, -0.1) is 0 Å². The first kappa shape index (κ1) is 14.1. The lowest BCUT2D eigenvalue weighted by Crippen LogP contribution is -2.35. The zero-order valence-corrected chi connectivity index (χ0v) is 12.4. The van der Waals surface area contributed by atoms with E-state index < -0.39 is 0 Å². The summed E-state index contributed by atoms with van der Waals surface area (Å²) in [4.78, 5) is 8.49. The van der Waals surface area contributed by atoms with Crippen molar-refractivity contribution in [2.24, 2.45) is 4.99 Å². The van der Waals surface area contributed by atoms with Crippen LogP contribution in [-0.2, 0) is 6.54 Å². The molecule has 0 unspecified atom stereocenters. The number of aromatic nitrogens is 1. The normalized spacial score (nSPS) is 10.2. The standard InChI is InChI=1S/C15H20N4O/c1-18(2)15(19(3)4)16-11-13-10-14(20-17-13)12-8-6-5-7-9-12/h5-10H,11H2,1-4H3. The summed E-state index contributed by atoms with van der Waals surface area (Å²) >= 11 is 0. The van der Waals surface area contributed by atoms with E-state index in [9.17, 15) is 0 Å². The van der Waals surface area contributed by atoms with Crippen LogP contribution in [0.4, 0.5) is 0 Å². The van der Waals surface area contributed by atoms with E-state index in [2.05, 4.69) is 10.1 Å². The van der Waals surface area contributed by atoms with Crippen LogP contribution in [0.25, 0.3) is 11.3 Å². The third-order valence-electron chi connectivity index (χ3n) is 2.80. The topological polar surface area (TPSA) is 44.9 Å². The first-order chi connectivity index (χ1) is 9.58. The molecule has 0 amide bonds. The number of hydrogen-bond acceptors (Lipinski definition) is 3. The maximum atomic E-state index is 5.36. The third kappa shape index (κ3) is 3.38. The molecule has 1 aromatic carbocycles. The van der Waals surface area contributed by atoms with Crippen LogP contribution < -0.4 is 0 Å². The second-order valence-electron chi connectivity index (χ2n) is 4.95. The van der Waals surface area contributed by atoms with E-state index in [1.807, 2.05) is 74.4 Å². The van der Waals surface area contributed by atoms with E-state index in [4.69, 9.17) is 4.52 Å². The zero-order valence-electron chi connectivity index (χ0n) is 12.4. The lowest BCUT2D eigenvalue weighted by atomic mass is 10.2. The van der Waals surface area contributed by atoms with Crippen molar-refractivity contribution >= 4 is 5.96 Å². The molecule has 0 atom stereocenters. The van der Waals surface area contributed by atoms with Crippen LogP contribution >= 0.6 is 0 Å². The highest BCUT2D eigenvalue weighted by Gasteiger charge is 2.08. The molecule has 1 aromatic heterocycles. The monoisotopic (exact) mass is 272 g/mol. The molecule has 0 aliphatic rings. The average Bonchev–Trinajstić information content (AvgIpc) is 2.88. The molecule has 5 heteroatoms. The van der Waals surface area contributed by atoms with Crippen LogP contribution in [0.2, 0.25) is 0 Å². The van der Waals surface area contributed by atoms with Crippen LogP contribution in [0.15, 0.2) is 45.9 Å². The van der Waals surface area contributed by atoms with E-state index in [-0.39, 0.29) is 0 Å². The molecule has 0 N–H and O–H groups in total. The first-order valence-corrected chi connectivity index (χ1v) is 6.48. The van der Waals surface area contributed by atoms with Crippen molar-refractivity contribution in [3.05, 3.63) is 42.1 Å². The van der Waals surface area contributed by atoms with Gasteiger partial charge < -0.3 is 14.3 Å². The molecule has 20 heavy (non-hydrogen) atoms. The summed E-state index contributed by atoms with van der Waals surface area (Å²) in [6.07, 6.45) is 0. The van der Waals surface area contributed by atoms with Gasteiger partial charge in [0.05, 0.1) is 6.54 Å². The third-order valence-corrected chi connectivity index (χ3v) is 2.80. The first-order valence-electron chi connectivity index (χ1n) is 6.48. The SMILES string of the molecule is CN(C)C(=NCc1cc(-c2ccccc2)on1)N(C)C. The number of hydrogen-bond donors (Lipinski definition) is 0. The molecule has 0 aliphatic heterocycles. The Morgan fingerprint density at radius 2 is 1.75 bits per heavy atom. The maximum Gasteiger partial charge on any atom is 0.195 e. The van der Waals surface area contributed by atoms with Gasteiger partial charge in [0.25, 0.3) is 0 Å². The van der Waals surface area contributed by atoms with Crippen molar-refractivity contribution in [1.29, 1.82) is 0 Å². The van der Waals surface area contributed by atoms with Crippen molar-refractivity contribution < 1.29 is 4.52 Å². The van der Waals surface area contributed by atoms with Gasteiger partial charge in [0.1, 0.15) is 5.69 Å². The Bertz CT molecular complexity index is 563. The molecular weight excluding hydrogens is 252 g/mol. The van der Waals surface area contributed by atoms with Crippen LogP contribution in [0.1, 0.15) is 5.69 Å². The molecule has 5 nitrogen and oxygen atoms in total. The molecule has 0 fully saturated rings. The highest BCUT2D eigenvalue weighted by atomic mass is 16.5. The smallest absolute Gasteiger partial charge is 0.195 e. The van der Waals surface area contributed by atoms with Gasteiger partial charge in [0.15, 0.2) is 11.7 Å². The van der Waals surface area contributed by atoms with Crippen molar-refractivity contribution in [1.82, 2.24) is 15.0 Å². The van der Waals surface area contributed by atoms with Gasteiger partial charge in [-0.05, 0) is 0 Å². The molecule has 2 aromatic rings. The Morgan fingerprint density at radius 1 is 1.10 bits per heavy atom. The van der Waals surface area contributed by atoms with Crippen molar-refractivity contribution in [3.8, 4) is 11.3 Å². The fraction of sp³-hybridized carbons (Fsp3) is 0.333. The summed E-state index contributed by atoms with van der Waals surface area (Å²) in [5.41, 5.74) is 1.85. The van der Waals surface area contributed by atoms with Gasteiger partial charge >= 0.3 is 0 Å². The Labute approximate surface area is 119 Å². The molecule has 0 radical (unpaired) electrons. The van der Waals surface area contributed by atoms with E-state index in [0.29, 0.717) is 6.54 Å². The minimum absolute atomic E-state index is 0.502. The summed E-state index contributed by atoms with van der Waals surface area (Å²) in [5.74, 6) is 1.67. The summed E-state index contributed by atoms with van der Waals surface area (Å²) in [7, 11) is 7.88. The average molecular weight is 272 g/mol. The highest BCUT2D eigenvalue weighted by Crippen LogP contribution is 2.19. The predicted octanol–water partition coefficient (Wildman–Crippen LogP) is 2.32. The number of nitrogens with zero attached hydrogens (tertiary/aromatic N) is 4. The molecule has 0 spiro atoms. The molecule has 0 bridgehead atoms. The zero-order chi connectivity index (χ0) is 14.5. The number of guanidine groups is 1. The second-order valence-corrected chi connectivity index (χ2v) is 4.95. The minimum Gasteiger partial charge on any atom is -0.356 e. The lowest BCUT2D eigenvalue weighted by molar-refractivity contribution is 0.422. The van der Waals surface area contributed by atoms with Crippen LogP contribution in [0.3, 0.4) is 0 Å². The van der Waals surface area contributed by atoms with E-state index >= 15 is 0 Å². The Kier molecular flexibility index (Phi) is 4.40. The summed E-state index contributed by atoms with van der Waals surface area (Å²) in [5, 5.41) is 4.06. The van der Waals surface area contributed by atoms with Gasteiger partial charge in [-0.1, -0.05) is 35.5 Å². The van der Waals surface area contributed by atoms with Gasteiger partial charge in [0.2, 0.25) is 0 Å². The molecule has 0 saturated carbocycles. The van der Waals surface area contributed by atoms with Gasteiger partial charge in [-0.3, -0.25) is 0 Å². The lowest BCUT2D eigenvalue weighted by Gasteiger charge is -2.22. The van der Waals surface area contributed by atoms with Crippen molar-refractivity contribution in [2.45, 2.75) is 6.54 Å². The Morgan fingerprint density at radius 3 is 2.35 bits per heavy atom. The van der Waals surface area contributed by atoms with Gasteiger partial charge in [0, 0.05) is 39.8 Å². The van der Waals surface area contributed by atoms with E-state index in [1.165, 1.54) is 0 Å². The minimum atomic E-state index is 0.502. The quantitative estimate of drug-likeness (QED) is 0.635. The van der Waals surface area contributed by atoms with Gasteiger partial charge in [-0.2, -0.15) is 0 Å². The molecule has 0 aliphatic carbocycles. The molecule has 0 saturated heterocycles. The number of benzene rings is 1. The van der Waals surface area contributed by atoms with Crippen molar-refractivity contribution in [3.63, 3.8) is 0 Å². The summed E-state index contributed by atoms with van der Waals surface area (Å²) in [6, 6.07) is 11.9. The number of rotatable bonds is 3. The fourth-order valence-electron chi connectivity index (χ4n) is 1.96. The molecular formula is C15H20N4O. The Hall–Kier alpha value is -2.30. The van der Waals surface area contributed by atoms with Gasteiger partial charge in [-0.25, -0.2) is 4.99 Å². The predicted molar refractivity (Wildman–Crippen MR) is 80.5 cm³/mol. The van der Waals surface area contributed by atoms with E-state index in [1.54, 1.807) is 0 Å². The maximum absolute atomic E-state index is 5.36.